The van der Waals surface area contributed by atoms with Crippen molar-refractivity contribution in [2.75, 3.05) is 26.9 Å². The molecule has 0 saturated heterocycles. The molecule has 0 aromatic rings. The van der Waals surface area contributed by atoms with Crippen molar-refractivity contribution in [3.05, 3.63) is 0 Å². The predicted octanol–water partition coefficient (Wildman–Crippen LogP) is 5.61. The molecule has 2 N–H and O–H groups in total. The van der Waals surface area contributed by atoms with Crippen molar-refractivity contribution in [1.82, 2.24) is 0 Å². The van der Waals surface area contributed by atoms with E-state index >= 15 is 0 Å². The highest BCUT2D eigenvalue weighted by molar-refractivity contribution is 7.46. The Bertz CT molecular complexity index is 347. The van der Waals surface area contributed by atoms with E-state index in [4.69, 9.17) is 19.3 Å². The van der Waals surface area contributed by atoms with Gasteiger partial charge in [-0.25, -0.2) is 4.57 Å². The number of hydrogen-bond acceptors (Lipinski definition) is 4. The van der Waals surface area contributed by atoms with E-state index in [0.29, 0.717) is 6.61 Å². The average Bonchev–Trinajstić information content (AvgIpc) is 2.63. The standard InChI is InChI=1S/C20H43O6P/c1-3-4-5-6-7-8-9-10-11-12-13-14-15-16-17-25-18-20(24-2)19-26-27(21,22)23/h20H,3-19H2,1-2H3,(H2,21,22,23)/t20-/m1/s1. The first-order chi connectivity index (χ1) is 13.0. The smallest absolute Gasteiger partial charge is 0.379 e. The maximum atomic E-state index is 10.7. The molecule has 0 spiro atoms. The van der Waals surface area contributed by atoms with E-state index in [9.17, 15) is 4.57 Å². The quantitative estimate of drug-likeness (QED) is 0.189. The van der Waals surface area contributed by atoms with Crippen LogP contribution in [-0.2, 0) is 18.6 Å². The van der Waals surface area contributed by atoms with Gasteiger partial charge in [0.1, 0.15) is 6.10 Å². The highest BCUT2D eigenvalue weighted by Gasteiger charge is 2.18. The summed E-state index contributed by atoms with van der Waals surface area (Å²) in [6.07, 6.45) is 18.1. The van der Waals surface area contributed by atoms with Gasteiger partial charge in [0.05, 0.1) is 13.2 Å². The molecule has 0 fully saturated rings. The summed E-state index contributed by atoms with van der Waals surface area (Å²) in [6, 6.07) is 0. The Labute approximate surface area is 166 Å². The van der Waals surface area contributed by atoms with E-state index < -0.39 is 13.9 Å². The second-order valence-electron chi connectivity index (χ2n) is 7.32. The summed E-state index contributed by atoms with van der Waals surface area (Å²) in [5.74, 6) is 0. The number of unbranched alkanes of at least 4 members (excludes halogenated alkanes) is 13. The summed E-state index contributed by atoms with van der Waals surface area (Å²) in [7, 11) is -2.97. The van der Waals surface area contributed by atoms with Gasteiger partial charge in [0.2, 0.25) is 0 Å². The van der Waals surface area contributed by atoms with Gasteiger partial charge in [-0.3, -0.25) is 4.52 Å². The normalized spacial score (nSPS) is 13.2. The molecule has 0 aliphatic rings. The van der Waals surface area contributed by atoms with Gasteiger partial charge >= 0.3 is 7.82 Å². The maximum Gasteiger partial charge on any atom is 0.469 e. The highest BCUT2D eigenvalue weighted by Crippen LogP contribution is 2.35. The van der Waals surface area contributed by atoms with Crippen LogP contribution in [0.2, 0.25) is 0 Å². The predicted molar refractivity (Wildman–Crippen MR) is 110 cm³/mol. The minimum Gasteiger partial charge on any atom is -0.379 e. The molecule has 6 nitrogen and oxygen atoms in total. The van der Waals surface area contributed by atoms with E-state index in [1.54, 1.807) is 0 Å². The number of phosphoric acid groups is 1. The Hall–Kier alpha value is 0.0300. The molecule has 0 amide bonds. The lowest BCUT2D eigenvalue weighted by Gasteiger charge is -2.16. The summed E-state index contributed by atoms with van der Waals surface area (Å²) in [5, 5.41) is 0. The number of hydrogen-bond donors (Lipinski definition) is 2. The van der Waals surface area contributed by atoms with Gasteiger partial charge in [-0.1, -0.05) is 90.4 Å². The Morgan fingerprint density at radius 3 is 1.59 bits per heavy atom. The van der Waals surface area contributed by atoms with Gasteiger partial charge in [0.15, 0.2) is 0 Å². The van der Waals surface area contributed by atoms with Gasteiger partial charge in [0.25, 0.3) is 0 Å². The summed E-state index contributed by atoms with van der Waals surface area (Å²) >= 11 is 0. The van der Waals surface area contributed by atoms with Crippen LogP contribution in [0.4, 0.5) is 0 Å². The van der Waals surface area contributed by atoms with Crippen LogP contribution in [0.15, 0.2) is 0 Å². The lowest BCUT2D eigenvalue weighted by Crippen LogP contribution is -2.24. The van der Waals surface area contributed by atoms with E-state index in [1.165, 1.54) is 84.2 Å². The molecule has 27 heavy (non-hydrogen) atoms. The van der Waals surface area contributed by atoms with Crippen LogP contribution in [0.1, 0.15) is 96.8 Å². The lowest BCUT2D eigenvalue weighted by atomic mass is 10.0. The first kappa shape index (κ1) is 27.0. The molecular weight excluding hydrogens is 367 g/mol. The summed E-state index contributed by atoms with van der Waals surface area (Å²) in [4.78, 5) is 17.3. The van der Waals surface area contributed by atoms with Crippen LogP contribution >= 0.6 is 7.82 Å². The molecule has 0 aliphatic heterocycles. The van der Waals surface area contributed by atoms with Crippen LogP contribution < -0.4 is 0 Å². The molecule has 0 aliphatic carbocycles. The third-order valence-electron chi connectivity index (χ3n) is 4.71. The second kappa shape index (κ2) is 19.4. The zero-order valence-corrected chi connectivity index (χ0v) is 18.5. The van der Waals surface area contributed by atoms with Gasteiger partial charge in [0, 0.05) is 13.7 Å². The molecule has 0 heterocycles. The Morgan fingerprint density at radius 1 is 0.741 bits per heavy atom. The number of methoxy groups -OCH3 is 1. The maximum absolute atomic E-state index is 10.7. The molecule has 164 valence electrons. The minimum atomic E-state index is -4.44. The molecule has 0 aromatic heterocycles. The third-order valence-corrected chi connectivity index (χ3v) is 5.19. The van der Waals surface area contributed by atoms with Crippen LogP contribution in [0.5, 0.6) is 0 Å². The molecule has 7 heteroatoms. The number of rotatable bonds is 21. The van der Waals surface area contributed by atoms with E-state index in [-0.39, 0.29) is 13.2 Å². The molecule has 0 radical (unpaired) electrons. The van der Waals surface area contributed by atoms with Gasteiger partial charge < -0.3 is 19.3 Å². The summed E-state index contributed by atoms with van der Waals surface area (Å²) in [5.41, 5.74) is 0. The monoisotopic (exact) mass is 410 g/mol. The minimum absolute atomic E-state index is 0.167. The number of ether oxygens (including phenoxy) is 2. The summed E-state index contributed by atoms with van der Waals surface area (Å²) in [6.45, 7) is 3.03. The largest absolute Gasteiger partial charge is 0.469 e. The molecular formula is C20H43O6P. The van der Waals surface area contributed by atoms with Crippen LogP contribution in [-0.4, -0.2) is 42.8 Å². The summed E-state index contributed by atoms with van der Waals surface area (Å²) < 4.78 is 25.7. The van der Waals surface area contributed by atoms with Gasteiger partial charge in [-0.2, -0.15) is 0 Å². The first-order valence-electron chi connectivity index (χ1n) is 10.8. The number of phosphoric ester groups is 1. The Kier molecular flexibility index (Phi) is 19.4. The highest BCUT2D eigenvalue weighted by atomic mass is 31.2. The second-order valence-corrected chi connectivity index (χ2v) is 8.55. The molecule has 0 rings (SSSR count). The molecule has 0 bridgehead atoms. The van der Waals surface area contributed by atoms with Crippen molar-refractivity contribution >= 4 is 7.82 Å². The Morgan fingerprint density at radius 2 is 1.19 bits per heavy atom. The molecule has 1 atom stereocenters. The fourth-order valence-electron chi connectivity index (χ4n) is 2.98. The first-order valence-corrected chi connectivity index (χ1v) is 12.3. The van der Waals surface area contributed by atoms with Crippen molar-refractivity contribution in [1.29, 1.82) is 0 Å². The van der Waals surface area contributed by atoms with Crippen LogP contribution in [0.3, 0.4) is 0 Å². The van der Waals surface area contributed by atoms with E-state index in [0.717, 1.165) is 12.8 Å². The van der Waals surface area contributed by atoms with Gasteiger partial charge in [-0.05, 0) is 6.42 Å². The third kappa shape index (κ3) is 22.2. The van der Waals surface area contributed by atoms with Crippen molar-refractivity contribution in [3.8, 4) is 0 Å². The van der Waals surface area contributed by atoms with E-state index in [2.05, 4.69) is 11.4 Å². The lowest BCUT2D eigenvalue weighted by molar-refractivity contribution is -0.0201. The molecule has 0 unspecified atom stereocenters. The SMILES string of the molecule is CCCCCCCCCCCCCCCCOC[C@H](COP(=O)(O)O)OC. The molecule has 0 aromatic carbocycles. The fourth-order valence-corrected chi connectivity index (χ4v) is 3.34. The topological polar surface area (TPSA) is 85.2 Å². The van der Waals surface area contributed by atoms with E-state index in [1.807, 2.05) is 0 Å². The Balaban J connectivity index is 3.25. The fraction of sp³-hybridized carbons (Fsp3) is 1.00. The van der Waals surface area contributed by atoms with Crippen molar-refractivity contribution in [2.24, 2.45) is 0 Å². The van der Waals surface area contributed by atoms with Crippen molar-refractivity contribution in [2.45, 2.75) is 103 Å². The average molecular weight is 411 g/mol. The zero-order valence-electron chi connectivity index (χ0n) is 17.6. The van der Waals surface area contributed by atoms with Crippen molar-refractivity contribution in [3.63, 3.8) is 0 Å². The molecule has 0 saturated carbocycles. The van der Waals surface area contributed by atoms with Gasteiger partial charge in [-0.15, -0.1) is 0 Å². The van der Waals surface area contributed by atoms with Crippen LogP contribution in [0.25, 0.3) is 0 Å². The van der Waals surface area contributed by atoms with Crippen molar-refractivity contribution < 1.29 is 28.3 Å². The zero-order chi connectivity index (χ0) is 20.2. The van der Waals surface area contributed by atoms with Crippen LogP contribution in [0, 0.1) is 0 Å².